The smallest absolute Gasteiger partial charge is 0.323 e. The number of imidazole rings is 1. The first-order chi connectivity index (χ1) is 28.7. The fourth-order valence-electron chi connectivity index (χ4n) is 6.51. The molecule has 324 valence electrons. The molecule has 3 heterocycles. The number of hydrogen-bond donors (Lipinski definition) is 9. The molecule has 0 bridgehead atoms. The van der Waals surface area contributed by atoms with E-state index < -0.39 is 79.2 Å². The molecular weight excluding hydrogens is 837 g/mol. The van der Waals surface area contributed by atoms with Crippen molar-refractivity contribution in [2.45, 2.75) is 57.3 Å². The minimum atomic E-state index is -4.74. The molecule has 0 aliphatic carbocycles. The van der Waals surface area contributed by atoms with Crippen LogP contribution in [0.5, 0.6) is 0 Å². The summed E-state index contributed by atoms with van der Waals surface area (Å²) in [5.74, 6) is -4.92. The highest BCUT2D eigenvalue weighted by Crippen LogP contribution is 2.22. The highest BCUT2D eigenvalue weighted by atomic mass is 32.2. The molecule has 5 rings (SSSR count). The minimum absolute atomic E-state index is 0.0294. The molecule has 3 aromatic heterocycles. The second-order valence-corrected chi connectivity index (χ2v) is 17.2. The molecule has 61 heavy (non-hydrogen) atoms. The van der Waals surface area contributed by atoms with E-state index in [-0.39, 0.29) is 47.7 Å². The highest BCUT2D eigenvalue weighted by molar-refractivity contribution is 7.89. The van der Waals surface area contributed by atoms with Gasteiger partial charge in [0.25, 0.3) is 21.9 Å². The number of pyridine rings is 2. The Morgan fingerprint density at radius 3 is 2.28 bits per heavy atom. The lowest BCUT2D eigenvalue weighted by atomic mass is 10.1. The molecule has 0 unspecified atom stereocenters. The Hall–Kier alpha value is -6.69. The van der Waals surface area contributed by atoms with E-state index in [1.807, 2.05) is 0 Å². The average Bonchev–Trinajstić information content (AvgIpc) is 3.70. The maximum atomic E-state index is 13.8. The molecule has 5 aromatic rings. The van der Waals surface area contributed by atoms with Gasteiger partial charge in [-0.05, 0) is 68.1 Å². The monoisotopic (exact) mass is 880 g/mol. The van der Waals surface area contributed by atoms with Gasteiger partial charge in [0.15, 0.2) is 5.95 Å². The number of carbonyl (C=O) groups excluding carboxylic acids is 3. The number of rotatable bonds is 19. The van der Waals surface area contributed by atoms with Crippen molar-refractivity contribution in [2.75, 3.05) is 29.9 Å². The number of amides is 3. The molecule has 2 aromatic carbocycles. The Bertz CT molecular complexity index is 2720. The number of carboxylic acids is 1. The van der Waals surface area contributed by atoms with Gasteiger partial charge < -0.3 is 41.7 Å². The van der Waals surface area contributed by atoms with Crippen molar-refractivity contribution in [1.82, 2.24) is 40.2 Å². The predicted octanol–water partition coefficient (Wildman–Crippen LogP) is 0.593. The zero-order valence-electron chi connectivity index (χ0n) is 33.1. The van der Waals surface area contributed by atoms with Crippen LogP contribution in [0.1, 0.15) is 49.4 Å². The van der Waals surface area contributed by atoms with Gasteiger partial charge in [-0.1, -0.05) is 23.8 Å². The molecule has 21 nitrogen and oxygen atoms in total. The minimum Gasteiger partial charge on any atom is -0.480 e. The summed E-state index contributed by atoms with van der Waals surface area (Å²) < 4.78 is 63.3. The van der Waals surface area contributed by atoms with E-state index in [2.05, 4.69) is 40.9 Å². The van der Waals surface area contributed by atoms with E-state index in [1.54, 1.807) is 62.0 Å². The second-order valence-electron chi connectivity index (χ2n) is 14.0. The third-order valence-electron chi connectivity index (χ3n) is 9.21. The number of fused-ring (bicyclic) bond motifs is 1. The Labute approximate surface area is 349 Å². The van der Waals surface area contributed by atoms with E-state index in [9.17, 15) is 50.5 Å². The van der Waals surface area contributed by atoms with Gasteiger partial charge in [0, 0.05) is 56.4 Å². The van der Waals surface area contributed by atoms with Crippen LogP contribution in [-0.4, -0.2) is 101 Å². The molecule has 2 atom stereocenters. The van der Waals surface area contributed by atoms with E-state index in [1.165, 1.54) is 24.4 Å². The number of nitrogen functional groups attached to an aromatic ring is 1. The van der Waals surface area contributed by atoms with Crippen molar-refractivity contribution < 1.29 is 45.7 Å². The first-order valence-electron chi connectivity index (χ1n) is 18.5. The van der Waals surface area contributed by atoms with Crippen LogP contribution in [0.25, 0.3) is 10.9 Å². The number of aromatic amines is 1. The number of carboxylic acid groups (broad SMARTS) is 1. The normalized spacial score (nSPS) is 12.7. The molecule has 0 fully saturated rings. The number of aromatic nitrogens is 4. The fourth-order valence-corrected chi connectivity index (χ4v) is 8.80. The number of H-pyrrole nitrogens is 1. The van der Waals surface area contributed by atoms with E-state index >= 15 is 0 Å². The molecule has 23 heteroatoms. The number of benzene rings is 2. The molecule has 0 radical (unpaired) electrons. The predicted molar refractivity (Wildman–Crippen MR) is 223 cm³/mol. The van der Waals surface area contributed by atoms with Gasteiger partial charge in [0.1, 0.15) is 29.2 Å². The number of nitrogens with two attached hydrogens (primary N) is 1. The summed E-state index contributed by atoms with van der Waals surface area (Å²) in [5, 5.41) is 20.3. The molecule has 0 aliphatic rings. The summed E-state index contributed by atoms with van der Waals surface area (Å²) in [7, 11) is -9.12. The van der Waals surface area contributed by atoms with Crippen molar-refractivity contribution in [3.8, 4) is 0 Å². The van der Waals surface area contributed by atoms with Crippen LogP contribution in [-0.2, 0) is 42.8 Å². The van der Waals surface area contributed by atoms with Gasteiger partial charge >= 0.3 is 5.97 Å². The second kappa shape index (κ2) is 19.1. The number of sulfonamides is 1. The molecular formula is C38H44N10O11S2. The molecule has 0 saturated carbocycles. The van der Waals surface area contributed by atoms with Crippen molar-refractivity contribution in [2.24, 2.45) is 0 Å². The largest absolute Gasteiger partial charge is 0.480 e. The van der Waals surface area contributed by atoms with Crippen molar-refractivity contribution in [1.29, 1.82) is 0 Å². The third kappa shape index (κ3) is 12.0. The van der Waals surface area contributed by atoms with Crippen molar-refractivity contribution in [3.63, 3.8) is 0 Å². The van der Waals surface area contributed by atoms with E-state index in [0.29, 0.717) is 28.2 Å². The molecule has 10 N–H and O–H groups in total. The lowest BCUT2D eigenvalue weighted by molar-refractivity contribution is -0.138. The lowest BCUT2D eigenvalue weighted by Crippen LogP contribution is -2.50. The van der Waals surface area contributed by atoms with Crippen molar-refractivity contribution in [3.05, 3.63) is 111 Å². The van der Waals surface area contributed by atoms with Gasteiger partial charge in [-0.25, -0.2) is 18.4 Å². The zero-order valence-corrected chi connectivity index (χ0v) is 34.7. The van der Waals surface area contributed by atoms with Gasteiger partial charge in [-0.2, -0.15) is 13.1 Å². The number of hydrogen-bond acceptors (Lipinski definition) is 13. The topological polar surface area (TPSA) is 327 Å². The number of nitrogens with one attached hydrogen (secondary N) is 6. The van der Waals surface area contributed by atoms with Crippen LogP contribution in [0, 0.1) is 20.8 Å². The van der Waals surface area contributed by atoms with Crippen LogP contribution in [0.3, 0.4) is 0 Å². The van der Waals surface area contributed by atoms with Crippen LogP contribution in [0.2, 0.25) is 0 Å². The molecule has 0 spiro atoms. The number of nitrogens with zero attached hydrogens (tertiary/aromatic N) is 3. The first kappa shape index (κ1) is 45.4. The van der Waals surface area contributed by atoms with Gasteiger partial charge in [0.2, 0.25) is 21.4 Å². The molecule has 3 amide bonds. The van der Waals surface area contributed by atoms with Gasteiger partial charge in [-0.3, -0.25) is 28.5 Å². The van der Waals surface area contributed by atoms with Crippen LogP contribution in [0.15, 0.2) is 76.9 Å². The average molecular weight is 881 g/mol. The summed E-state index contributed by atoms with van der Waals surface area (Å²) in [4.78, 5) is 76.2. The Morgan fingerprint density at radius 2 is 1.66 bits per heavy atom. The lowest BCUT2D eigenvalue weighted by Gasteiger charge is -2.19. The molecule has 0 saturated heterocycles. The summed E-state index contributed by atoms with van der Waals surface area (Å²) in [5.41, 5.74) is 7.09. The van der Waals surface area contributed by atoms with Crippen LogP contribution in [0.4, 0.5) is 11.8 Å². The summed E-state index contributed by atoms with van der Waals surface area (Å²) in [6.45, 7) is 4.42. The quantitative estimate of drug-likeness (QED) is 0.0405. The Morgan fingerprint density at radius 1 is 0.934 bits per heavy atom. The Kier molecular flexibility index (Phi) is 14.2. The van der Waals surface area contributed by atoms with Gasteiger partial charge in [0.05, 0.1) is 16.0 Å². The summed E-state index contributed by atoms with van der Waals surface area (Å²) >= 11 is 0. The van der Waals surface area contributed by atoms with Gasteiger partial charge in [-0.15, -0.1) is 0 Å². The van der Waals surface area contributed by atoms with E-state index in [0.717, 1.165) is 11.8 Å². The summed E-state index contributed by atoms with van der Waals surface area (Å²) in [6, 6.07) is 7.23. The number of aliphatic carboxylic acids is 1. The van der Waals surface area contributed by atoms with Crippen LogP contribution >= 0.6 is 0 Å². The standard InChI is InChI=1S/C38H44N10O11S2/c1-21-13-22(2)33(23(3)14-21)61(58,59)47-28(37(53)54)18-44-35(51)27-19-48(30-15-24(5-7-26(30)32(27)49)16-45-38-41-10-11-42-38)12-4-9-40-36(52)29(20-60(55,56)57)46-34(50)25-6-8-31(39)43-17-25/h5-8,10-11,13-15,17,19,28-29,47H,4,9,12,16,18,20H2,1-3H3,(H2,39,43)(H,40,52)(H,44,51)(H,46,50)(H,53,54)(H2,41,42,45)(H,55,56,57)/t28-,29+/m1/s1. The summed E-state index contributed by atoms with van der Waals surface area (Å²) in [6.07, 6.45) is 5.67. The maximum absolute atomic E-state index is 13.8. The third-order valence-corrected chi connectivity index (χ3v) is 11.7. The first-order valence-corrected chi connectivity index (χ1v) is 21.6. The SMILES string of the molecule is Cc1cc(C)c(S(=O)(=O)N[C@H](CNC(=O)c2cn(CCCNC(=O)[C@H](CS(=O)(=O)O)NC(=O)c3ccc(N)nc3)c3cc(CNc4ncc[nH]4)ccc3c2=O)C(=O)O)c(C)c1. The maximum Gasteiger partial charge on any atom is 0.323 e. The highest BCUT2D eigenvalue weighted by Gasteiger charge is 2.30. The Balaban J connectivity index is 1.36. The van der Waals surface area contributed by atoms with Crippen LogP contribution < -0.4 is 37.2 Å². The number of anilines is 2. The number of aryl methyl sites for hydroxylation is 4. The fraction of sp³-hybridized carbons (Fsp3) is 0.289. The molecule has 0 aliphatic heterocycles. The van der Waals surface area contributed by atoms with Crippen molar-refractivity contribution >= 4 is 66.5 Å². The zero-order chi connectivity index (χ0) is 44.6. The number of carbonyl (C=O) groups is 4. The van der Waals surface area contributed by atoms with E-state index in [4.69, 9.17) is 5.73 Å².